The van der Waals surface area contributed by atoms with Crippen molar-refractivity contribution < 1.29 is 43.7 Å². The molecule has 1 amide bonds. The highest BCUT2D eigenvalue weighted by Gasteiger charge is 2.48. The number of hydrogen-bond donors (Lipinski definition) is 7. The molecule has 0 bridgehead atoms. The molecule has 0 aliphatic carbocycles. The molecule has 0 saturated carbocycles. The van der Waals surface area contributed by atoms with Crippen LogP contribution in [0.1, 0.15) is 0 Å². The number of hydrogen-bond acceptors (Lipinski definition) is 9. The maximum atomic E-state index is 11.1. The molecule has 22 heavy (non-hydrogen) atoms. The van der Waals surface area contributed by atoms with Gasteiger partial charge in [0.2, 0.25) is 5.88 Å². The van der Waals surface area contributed by atoms with Gasteiger partial charge in [0.05, 0.1) is 13.3 Å². The molecular weight excluding hydrogens is 325 g/mol. The van der Waals surface area contributed by atoms with Gasteiger partial charge in [0.15, 0.2) is 11.9 Å². The Bertz CT molecular complexity index is 534. The van der Waals surface area contributed by atoms with Crippen LogP contribution >= 0.6 is 7.82 Å². The predicted octanol–water partition coefficient (Wildman–Crippen LogP) is -3.38. The third-order valence-corrected chi connectivity index (χ3v) is 3.71. The molecule has 0 unspecified atom stereocenters. The third kappa shape index (κ3) is 3.33. The van der Waals surface area contributed by atoms with E-state index < -0.39 is 50.8 Å². The summed E-state index contributed by atoms with van der Waals surface area (Å²) >= 11 is 0. The van der Waals surface area contributed by atoms with Gasteiger partial charge in [-0.25, -0.2) is 4.57 Å². The van der Waals surface area contributed by atoms with Gasteiger partial charge in [0.1, 0.15) is 18.3 Å². The molecule has 13 heteroatoms. The van der Waals surface area contributed by atoms with Crippen LogP contribution in [0.2, 0.25) is 0 Å². The van der Waals surface area contributed by atoms with E-state index in [4.69, 9.17) is 20.3 Å². The van der Waals surface area contributed by atoms with Gasteiger partial charge in [-0.05, 0) is 0 Å². The number of aliphatic hydroxyl groups is 3. The van der Waals surface area contributed by atoms with Gasteiger partial charge < -0.3 is 40.9 Å². The van der Waals surface area contributed by atoms with E-state index in [1.807, 2.05) is 0 Å². The van der Waals surface area contributed by atoms with Gasteiger partial charge in [0.25, 0.3) is 5.91 Å². The number of nitrogens with zero attached hydrogens (tertiary/aromatic N) is 1. The highest BCUT2D eigenvalue weighted by atomic mass is 31.2. The lowest BCUT2D eigenvalue weighted by Gasteiger charge is -2.26. The van der Waals surface area contributed by atoms with Crippen molar-refractivity contribution in [2.45, 2.75) is 24.5 Å². The number of ether oxygens (including phenoxy) is 1. The van der Waals surface area contributed by atoms with Crippen molar-refractivity contribution in [2.75, 3.05) is 13.3 Å². The van der Waals surface area contributed by atoms with E-state index >= 15 is 0 Å². The number of rotatable bonds is 5. The van der Waals surface area contributed by atoms with Crippen LogP contribution in [0, 0.1) is 0 Å². The number of phosphoric acid groups is 1. The van der Waals surface area contributed by atoms with Gasteiger partial charge in [-0.1, -0.05) is 0 Å². The number of phosphoric ester groups is 1. The van der Waals surface area contributed by atoms with Gasteiger partial charge in [-0.3, -0.25) is 14.2 Å². The van der Waals surface area contributed by atoms with Crippen molar-refractivity contribution >= 4 is 13.7 Å². The molecule has 0 spiro atoms. The van der Waals surface area contributed by atoms with E-state index in [0.717, 1.165) is 4.90 Å². The first kappa shape index (κ1) is 17.0. The number of carbonyl (C=O) groups excluding carboxylic acids is 1. The first-order valence-corrected chi connectivity index (χ1v) is 7.60. The standard InChI is InChI=1S/C9H16N3O9P/c10-7(15)4-8(16)12(2-11-4)9-6(14)5(13)3(21-9)1-20-22(17,18)19/h3,5-6,9,11,13-14,16H,1-2H2,(H2,10,15)(H2,17,18,19)/t3-,5-,6+,9+/m0/s1. The van der Waals surface area contributed by atoms with Crippen molar-refractivity contribution in [3.63, 3.8) is 0 Å². The summed E-state index contributed by atoms with van der Waals surface area (Å²) in [4.78, 5) is 29.3. The summed E-state index contributed by atoms with van der Waals surface area (Å²) in [6.45, 7) is -0.794. The molecule has 0 aromatic carbocycles. The van der Waals surface area contributed by atoms with E-state index in [2.05, 4.69) is 9.84 Å². The molecule has 0 aromatic rings. The lowest BCUT2D eigenvalue weighted by atomic mass is 10.1. The molecule has 126 valence electrons. The molecule has 1 fully saturated rings. The second-order valence-electron chi connectivity index (χ2n) is 4.70. The van der Waals surface area contributed by atoms with E-state index in [1.54, 1.807) is 0 Å². The minimum Gasteiger partial charge on any atom is -0.493 e. The summed E-state index contributed by atoms with van der Waals surface area (Å²) in [5, 5.41) is 32.1. The number of aliphatic hydroxyl groups excluding tert-OH is 3. The molecule has 0 aromatic heterocycles. The maximum absolute atomic E-state index is 11.1. The van der Waals surface area contributed by atoms with Crippen LogP contribution in [0.5, 0.6) is 0 Å². The van der Waals surface area contributed by atoms with Gasteiger partial charge in [0, 0.05) is 0 Å². The summed E-state index contributed by atoms with van der Waals surface area (Å²) < 4.78 is 20.1. The number of amides is 1. The third-order valence-electron chi connectivity index (χ3n) is 3.22. The monoisotopic (exact) mass is 341 g/mol. The van der Waals surface area contributed by atoms with Gasteiger partial charge >= 0.3 is 7.82 Å². The fraction of sp³-hybridized carbons (Fsp3) is 0.667. The summed E-state index contributed by atoms with van der Waals surface area (Å²) in [5.41, 5.74) is 4.75. The average Bonchev–Trinajstić information content (AvgIpc) is 2.90. The molecule has 2 rings (SSSR count). The molecule has 2 aliphatic rings. The van der Waals surface area contributed by atoms with Crippen LogP contribution < -0.4 is 11.1 Å². The van der Waals surface area contributed by atoms with E-state index in [-0.39, 0.29) is 12.4 Å². The van der Waals surface area contributed by atoms with Crippen molar-refractivity contribution in [1.29, 1.82) is 0 Å². The predicted molar refractivity (Wildman–Crippen MR) is 67.4 cm³/mol. The zero-order valence-corrected chi connectivity index (χ0v) is 12.0. The molecule has 0 radical (unpaired) electrons. The molecule has 8 N–H and O–H groups in total. The lowest BCUT2D eigenvalue weighted by Crippen LogP contribution is -2.43. The van der Waals surface area contributed by atoms with E-state index in [1.165, 1.54) is 0 Å². The Hall–Kier alpha value is -1.40. The summed E-state index contributed by atoms with van der Waals surface area (Å²) in [5.74, 6) is -1.49. The molecule has 2 aliphatic heterocycles. The smallest absolute Gasteiger partial charge is 0.469 e. The minimum atomic E-state index is -4.76. The Morgan fingerprint density at radius 2 is 2.09 bits per heavy atom. The molecular formula is C9H16N3O9P. The zero-order chi connectivity index (χ0) is 16.7. The number of carbonyl (C=O) groups is 1. The SMILES string of the molecule is NC(=O)C1=C(O)N([C@@H]2O[C@@H](COP(=O)(O)O)[C@H](O)[C@H]2O)CN1. The van der Waals surface area contributed by atoms with Gasteiger partial charge in [-0.2, -0.15) is 0 Å². The second-order valence-corrected chi connectivity index (χ2v) is 5.94. The Balaban J connectivity index is 2.08. The second kappa shape index (κ2) is 6.01. The normalized spacial score (nSPS) is 32.5. The number of primary amides is 1. The van der Waals surface area contributed by atoms with E-state index in [9.17, 15) is 24.7 Å². The molecule has 2 heterocycles. The first-order chi connectivity index (χ1) is 10.1. The summed E-state index contributed by atoms with van der Waals surface area (Å²) in [6, 6.07) is 0. The zero-order valence-electron chi connectivity index (χ0n) is 11.1. The first-order valence-electron chi connectivity index (χ1n) is 6.07. The van der Waals surface area contributed by atoms with Crippen LogP contribution in [0.3, 0.4) is 0 Å². The average molecular weight is 341 g/mol. The maximum Gasteiger partial charge on any atom is 0.469 e. The van der Waals surface area contributed by atoms with Crippen LogP contribution in [0.4, 0.5) is 0 Å². The lowest BCUT2D eigenvalue weighted by molar-refractivity contribution is -0.115. The van der Waals surface area contributed by atoms with Crippen molar-refractivity contribution in [3.05, 3.63) is 11.6 Å². The van der Waals surface area contributed by atoms with Crippen molar-refractivity contribution in [2.24, 2.45) is 5.73 Å². The van der Waals surface area contributed by atoms with Gasteiger partial charge in [-0.15, -0.1) is 0 Å². The van der Waals surface area contributed by atoms with E-state index in [0.29, 0.717) is 0 Å². The Kier molecular flexibility index (Phi) is 4.63. The van der Waals surface area contributed by atoms with Crippen LogP contribution in [0.15, 0.2) is 11.6 Å². The fourth-order valence-electron chi connectivity index (χ4n) is 2.16. The van der Waals surface area contributed by atoms with Crippen LogP contribution in [-0.4, -0.2) is 73.7 Å². The Labute approximate surface area is 124 Å². The molecule has 4 atom stereocenters. The van der Waals surface area contributed by atoms with Crippen LogP contribution in [-0.2, 0) is 18.6 Å². The number of nitrogens with two attached hydrogens (primary N) is 1. The fourth-order valence-corrected chi connectivity index (χ4v) is 2.51. The number of nitrogens with one attached hydrogen (secondary N) is 1. The van der Waals surface area contributed by atoms with Crippen molar-refractivity contribution in [1.82, 2.24) is 10.2 Å². The highest BCUT2D eigenvalue weighted by Crippen LogP contribution is 2.37. The molecule has 1 saturated heterocycles. The summed E-state index contributed by atoms with van der Waals surface area (Å²) in [6.07, 6.45) is -5.52. The Morgan fingerprint density at radius 3 is 2.59 bits per heavy atom. The highest BCUT2D eigenvalue weighted by molar-refractivity contribution is 7.46. The minimum absolute atomic E-state index is 0.120. The molecule has 12 nitrogen and oxygen atoms in total. The van der Waals surface area contributed by atoms with Crippen molar-refractivity contribution in [3.8, 4) is 0 Å². The topological polar surface area (TPSA) is 195 Å². The summed E-state index contributed by atoms with van der Waals surface area (Å²) in [7, 11) is -4.76. The Morgan fingerprint density at radius 1 is 1.45 bits per heavy atom. The largest absolute Gasteiger partial charge is 0.493 e. The quantitative estimate of drug-likeness (QED) is 0.246. The van der Waals surface area contributed by atoms with Crippen LogP contribution in [0.25, 0.3) is 0 Å².